The van der Waals surface area contributed by atoms with E-state index in [0.29, 0.717) is 0 Å². The summed E-state index contributed by atoms with van der Waals surface area (Å²) in [5.41, 5.74) is 0.0939. The quantitative estimate of drug-likeness (QED) is 0.740. The van der Waals surface area contributed by atoms with Gasteiger partial charge in [-0.15, -0.1) is 0 Å². The van der Waals surface area contributed by atoms with Crippen molar-refractivity contribution in [2.45, 2.75) is 31.3 Å². The van der Waals surface area contributed by atoms with Crippen LogP contribution in [0.3, 0.4) is 0 Å². The molecule has 14 heavy (non-hydrogen) atoms. The Kier molecular flexibility index (Phi) is 3.42. The fraction of sp³-hybridized carbons (Fsp3) is 1.00. The van der Waals surface area contributed by atoms with Gasteiger partial charge in [0.1, 0.15) is 0 Å². The molecule has 0 aliphatic carbocycles. The van der Waals surface area contributed by atoms with Gasteiger partial charge in [0.25, 0.3) is 0 Å². The fourth-order valence-corrected chi connectivity index (χ4v) is 2.59. The van der Waals surface area contributed by atoms with Crippen LogP contribution in [0.5, 0.6) is 0 Å². The van der Waals surface area contributed by atoms with Crippen molar-refractivity contribution in [3.63, 3.8) is 0 Å². The molecule has 2 aliphatic heterocycles. The van der Waals surface area contributed by atoms with Gasteiger partial charge in [0.15, 0.2) is 0 Å². The Morgan fingerprint density at radius 1 is 1.43 bits per heavy atom. The number of hydrogen-bond donors (Lipinski definition) is 1. The maximum Gasteiger partial charge on any atom is 0.0939 e. The Balaban J connectivity index is 1.83. The van der Waals surface area contributed by atoms with Crippen LogP contribution in [0, 0.1) is 5.92 Å². The van der Waals surface area contributed by atoms with Gasteiger partial charge in [-0.25, -0.2) is 0 Å². The SMILES string of the molecule is CNCCC1CCOC2(CCOC2)C1. The molecule has 0 radical (unpaired) electrons. The van der Waals surface area contributed by atoms with E-state index in [1.54, 1.807) is 0 Å². The van der Waals surface area contributed by atoms with E-state index < -0.39 is 0 Å². The molecule has 0 saturated carbocycles. The highest BCUT2D eigenvalue weighted by Gasteiger charge is 2.40. The van der Waals surface area contributed by atoms with Crippen molar-refractivity contribution in [2.24, 2.45) is 5.92 Å². The lowest BCUT2D eigenvalue weighted by atomic mass is 9.83. The topological polar surface area (TPSA) is 30.5 Å². The summed E-state index contributed by atoms with van der Waals surface area (Å²) in [7, 11) is 2.02. The summed E-state index contributed by atoms with van der Waals surface area (Å²) in [4.78, 5) is 0. The fourth-order valence-electron chi connectivity index (χ4n) is 2.59. The number of hydrogen-bond acceptors (Lipinski definition) is 3. The zero-order chi connectivity index (χ0) is 9.86. The molecule has 2 rings (SSSR count). The molecule has 2 heterocycles. The Morgan fingerprint density at radius 3 is 3.07 bits per heavy atom. The van der Waals surface area contributed by atoms with Gasteiger partial charge in [-0.1, -0.05) is 0 Å². The second-order valence-electron chi connectivity index (χ2n) is 4.59. The van der Waals surface area contributed by atoms with E-state index in [1.807, 2.05) is 7.05 Å². The highest BCUT2D eigenvalue weighted by atomic mass is 16.6. The number of ether oxygens (including phenoxy) is 2. The first-order valence-electron chi connectivity index (χ1n) is 5.71. The van der Waals surface area contributed by atoms with Gasteiger partial charge in [-0.2, -0.15) is 0 Å². The van der Waals surface area contributed by atoms with Crippen molar-refractivity contribution in [3.8, 4) is 0 Å². The lowest BCUT2D eigenvalue weighted by Gasteiger charge is -2.37. The minimum Gasteiger partial charge on any atom is -0.378 e. The Labute approximate surface area is 86.2 Å². The Hall–Kier alpha value is -0.120. The first kappa shape index (κ1) is 10.4. The normalized spacial score (nSPS) is 37.9. The summed E-state index contributed by atoms with van der Waals surface area (Å²) in [5, 5.41) is 3.22. The monoisotopic (exact) mass is 199 g/mol. The molecule has 2 unspecified atom stereocenters. The van der Waals surface area contributed by atoms with Crippen molar-refractivity contribution in [1.29, 1.82) is 0 Å². The first-order valence-corrected chi connectivity index (χ1v) is 5.71. The molecule has 0 aromatic carbocycles. The van der Waals surface area contributed by atoms with E-state index in [2.05, 4.69) is 5.32 Å². The van der Waals surface area contributed by atoms with Crippen LogP contribution in [0.2, 0.25) is 0 Å². The van der Waals surface area contributed by atoms with Crippen molar-refractivity contribution >= 4 is 0 Å². The van der Waals surface area contributed by atoms with Gasteiger partial charge in [-0.05, 0) is 38.8 Å². The Bertz CT molecular complexity index is 178. The molecule has 3 heteroatoms. The molecule has 1 N–H and O–H groups in total. The third-order valence-electron chi connectivity index (χ3n) is 3.46. The summed E-state index contributed by atoms with van der Waals surface area (Å²) in [6.45, 7) is 3.77. The number of rotatable bonds is 3. The average Bonchev–Trinajstić information content (AvgIpc) is 2.63. The molecular weight excluding hydrogens is 178 g/mol. The highest BCUT2D eigenvalue weighted by molar-refractivity contribution is 4.90. The molecule has 2 atom stereocenters. The molecule has 82 valence electrons. The van der Waals surface area contributed by atoms with Crippen molar-refractivity contribution in [3.05, 3.63) is 0 Å². The molecule has 1 spiro atoms. The van der Waals surface area contributed by atoms with Crippen LogP contribution in [0.4, 0.5) is 0 Å². The molecule has 0 aromatic rings. The largest absolute Gasteiger partial charge is 0.378 e. The summed E-state index contributed by atoms with van der Waals surface area (Å²) >= 11 is 0. The van der Waals surface area contributed by atoms with Gasteiger partial charge >= 0.3 is 0 Å². The predicted octanol–water partition coefficient (Wildman–Crippen LogP) is 1.18. The van der Waals surface area contributed by atoms with E-state index in [0.717, 1.165) is 38.7 Å². The second kappa shape index (κ2) is 4.60. The molecule has 2 fully saturated rings. The average molecular weight is 199 g/mol. The Morgan fingerprint density at radius 2 is 2.36 bits per heavy atom. The van der Waals surface area contributed by atoms with Crippen LogP contribution in [-0.4, -0.2) is 39.0 Å². The molecule has 2 saturated heterocycles. The van der Waals surface area contributed by atoms with Gasteiger partial charge in [0.05, 0.1) is 12.2 Å². The standard InChI is InChI=1S/C11H21NO2/c1-12-5-2-10-3-6-14-11(8-10)4-7-13-9-11/h10,12H,2-9H2,1H3. The summed E-state index contributed by atoms with van der Waals surface area (Å²) in [6.07, 6.45) is 4.81. The maximum atomic E-state index is 5.89. The lowest BCUT2D eigenvalue weighted by Crippen LogP contribution is -2.40. The second-order valence-corrected chi connectivity index (χ2v) is 4.59. The van der Waals surface area contributed by atoms with Crippen LogP contribution in [0.25, 0.3) is 0 Å². The van der Waals surface area contributed by atoms with E-state index in [9.17, 15) is 0 Å². The van der Waals surface area contributed by atoms with Crippen molar-refractivity contribution in [1.82, 2.24) is 5.32 Å². The van der Waals surface area contributed by atoms with E-state index in [4.69, 9.17) is 9.47 Å². The third-order valence-corrected chi connectivity index (χ3v) is 3.46. The number of nitrogens with one attached hydrogen (secondary N) is 1. The minimum absolute atomic E-state index is 0.0939. The molecular formula is C11H21NO2. The molecule has 2 aliphatic rings. The van der Waals surface area contributed by atoms with Crippen molar-refractivity contribution in [2.75, 3.05) is 33.4 Å². The van der Waals surface area contributed by atoms with E-state index in [1.165, 1.54) is 19.3 Å². The smallest absolute Gasteiger partial charge is 0.0939 e. The summed E-state index contributed by atoms with van der Waals surface area (Å²) < 4.78 is 11.3. The van der Waals surface area contributed by atoms with Crippen LogP contribution < -0.4 is 5.32 Å². The lowest BCUT2D eigenvalue weighted by molar-refractivity contribution is -0.0985. The molecule has 0 aromatic heterocycles. The van der Waals surface area contributed by atoms with Gasteiger partial charge in [0, 0.05) is 19.6 Å². The van der Waals surface area contributed by atoms with Gasteiger partial charge in [0.2, 0.25) is 0 Å². The van der Waals surface area contributed by atoms with Crippen LogP contribution in [-0.2, 0) is 9.47 Å². The zero-order valence-corrected chi connectivity index (χ0v) is 9.05. The molecule has 3 nitrogen and oxygen atoms in total. The third kappa shape index (κ3) is 2.27. The predicted molar refractivity (Wildman–Crippen MR) is 55.4 cm³/mol. The maximum absolute atomic E-state index is 5.89. The van der Waals surface area contributed by atoms with E-state index in [-0.39, 0.29) is 5.60 Å². The highest BCUT2D eigenvalue weighted by Crippen LogP contribution is 2.36. The van der Waals surface area contributed by atoms with Crippen LogP contribution >= 0.6 is 0 Å². The summed E-state index contributed by atoms with van der Waals surface area (Å²) in [6, 6.07) is 0. The zero-order valence-electron chi connectivity index (χ0n) is 9.05. The minimum atomic E-state index is 0.0939. The van der Waals surface area contributed by atoms with Crippen molar-refractivity contribution < 1.29 is 9.47 Å². The van der Waals surface area contributed by atoms with Crippen LogP contribution in [0.15, 0.2) is 0 Å². The summed E-state index contributed by atoms with van der Waals surface area (Å²) in [5.74, 6) is 0.831. The van der Waals surface area contributed by atoms with E-state index >= 15 is 0 Å². The first-order chi connectivity index (χ1) is 6.85. The molecule has 0 amide bonds. The van der Waals surface area contributed by atoms with Crippen LogP contribution in [0.1, 0.15) is 25.7 Å². The molecule has 0 bridgehead atoms. The van der Waals surface area contributed by atoms with Gasteiger partial charge < -0.3 is 14.8 Å². The van der Waals surface area contributed by atoms with Gasteiger partial charge in [-0.3, -0.25) is 0 Å².